The summed E-state index contributed by atoms with van der Waals surface area (Å²) in [6.07, 6.45) is 5.35. The quantitative estimate of drug-likeness (QED) is 0.564. The van der Waals surface area contributed by atoms with E-state index in [2.05, 4.69) is 6.08 Å². The Labute approximate surface area is 148 Å². The maximum atomic E-state index is 10.9. The van der Waals surface area contributed by atoms with Crippen LogP contribution >= 0.6 is 0 Å². The molecular weight excluding hydrogens is 316 g/mol. The fourth-order valence-corrected chi connectivity index (χ4v) is 2.34. The van der Waals surface area contributed by atoms with Crippen LogP contribution in [0.3, 0.4) is 0 Å². The maximum Gasteiger partial charge on any atom is 0.328 e. The molecule has 0 heterocycles. The van der Waals surface area contributed by atoms with Crippen molar-refractivity contribution in [1.82, 2.24) is 0 Å². The second-order valence-corrected chi connectivity index (χ2v) is 5.74. The lowest BCUT2D eigenvalue weighted by Crippen LogP contribution is -1.99. The Morgan fingerprint density at radius 3 is 2.44 bits per heavy atom. The number of hydrogen-bond acceptors (Lipinski definition) is 3. The van der Waals surface area contributed by atoms with Gasteiger partial charge in [-0.1, -0.05) is 29.8 Å². The van der Waals surface area contributed by atoms with Gasteiger partial charge in [0.1, 0.15) is 17.2 Å². The van der Waals surface area contributed by atoms with Gasteiger partial charge in [-0.2, -0.15) is 0 Å². The average molecular weight is 338 g/mol. The van der Waals surface area contributed by atoms with Gasteiger partial charge in [-0.05, 0) is 50.6 Å². The highest BCUT2D eigenvalue weighted by Gasteiger charge is 2.15. The first-order valence-corrected chi connectivity index (χ1v) is 7.98. The number of benzene rings is 2. The zero-order chi connectivity index (χ0) is 18.2. The molecule has 2 aromatic carbocycles. The van der Waals surface area contributed by atoms with Gasteiger partial charge >= 0.3 is 5.97 Å². The Morgan fingerprint density at radius 1 is 1.12 bits per heavy atom. The number of methoxy groups -OCH3 is 1. The number of hydrogen-bond donors (Lipinski definition) is 1. The Balaban J connectivity index is 2.57. The van der Waals surface area contributed by atoms with Crippen LogP contribution in [-0.2, 0) is 11.2 Å². The molecule has 1 N–H and O–H groups in total. The molecule has 0 aliphatic rings. The average Bonchev–Trinajstić information content (AvgIpc) is 2.59. The molecule has 2 rings (SSSR count). The number of ether oxygens (including phenoxy) is 2. The van der Waals surface area contributed by atoms with Crippen LogP contribution in [0.5, 0.6) is 17.2 Å². The van der Waals surface area contributed by atoms with E-state index < -0.39 is 5.97 Å². The van der Waals surface area contributed by atoms with E-state index in [1.54, 1.807) is 13.2 Å². The summed E-state index contributed by atoms with van der Waals surface area (Å²) in [5.41, 5.74) is 2.74. The van der Waals surface area contributed by atoms with E-state index in [9.17, 15) is 4.79 Å². The van der Waals surface area contributed by atoms with Gasteiger partial charge in [0.25, 0.3) is 0 Å². The molecule has 0 aromatic heterocycles. The van der Waals surface area contributed by atoms with Gasteiger partial charge in [-0.15, -0.1) is 0 Å². The van der Waals surface area contributed by atoms with Crippen LogP contribution in [0.2, 0.25) is 0 Å². The van der Waals surface area contributed by atoms with Gasteiger partial charge < -0.3 is 14.6 Å². The zero-order valence-corrected chi connectivity index (χ0v) is 14.7. The number of carbonyl (C=O) groups is 1. The molecule has 0 unspecified atom stereocenters. The molecule has 4 heteroatoms. The molecule has 0 aliphatic carbocycles. The van der Waals surface area contributed by atoms with Crippen molar-refractivity contribution in [3.63, 3.8) is 0 Å². The molecule has 0 amide bonds. The second kappa shape index (κ2) is 8.73. The fourth-order valence-electron chi connectivity index (χ4n) is 2.34. The first-order valence-electron chi connectivity index (χ1n) is 7.98. The molecule has 4 nitrogen and oxygen atoms in total. The van der Waals surface area contributed by atoms with Gasteiger partial charge in [-0.25, -0.2) is 4.79 Å². The summed E-state index contributed by atoms with van der Waals surface area (Å²) >= 11 is 0. The largest absolute Gasteiger partial charge is 0.496 e. The lowest BCUT2D eigenvalue weighted by molar-refractivity contribution is -0.131. The smallest absolute Gasteiger partial charge is 0.328 e. The van der Waals surface area contributed by atoms with Crippen molar-refractivity contribution >= 4 is 12.0 Å². The summed E-state index contributed by atoms with van der Waals surface area (Å²) in [5.74, 6) is 0.975. The molecule has 0 fully saturated rings. The number of para-hydroxylation sites is 1. The summed E-state index contributed by atoms with van der Waals surface area (Å²) in [6.45, 7) is 4.05. The number of carboxylic acids is 1. The fraction of sp³-hybridized carbons (Fsp3) is 0.190. The van der Waals surface area contributed by atoms with Crippen LogP contribution in [0, 0.1) is 0 Å². The Hall–Kier alpha value is -3.01. The van der Waals surface area contributed by atoms with Crippen molar-refractivity contribution in [2.45, 2.75) is 20.3 Å². The molecular formula is C21H22O4. The molecule has 0 atom stereocenters. The standard InChI is InChI=1S/C21H22O4/c1-15(2)9-12-18-19(24-3)13-10-16(11-14-20(22)23)21(18)25-17-7-5-4-6-8-17/h4-11,13-14H,12H2,1-3H3,(H,22,23)/b14-11-. The highest BCUT2D eigenvalue weighted by molar-refractivity contribution is 5.86. The van der Waals surface area contributed by atoms with Crippen molar-refractivity contribution in [3.05, 3.63) is 71.3 Å². The minimum Gasteiger partial charge on any atom is -0.496 e. The lowest BCUT2D eigenvalue weighted by Gasteiger charge is -2.17. The molecule has 0 aliphatic heterocycles. The van der Waals surface area contributed by atoms with Crippen LogP contribution in [-0.4, -0.2) is 18.2 Å². The summed E-state index contributed by atoms with van der Waals surface area (Å²) in [6, 6.07) is 13.0. The third-order valence-corrected chi connectivity index (χ3v) is 3.55. The summed E-state index contributed by atoms with van der Waals surface area (Å²) in [4.78, 5) is 10.9. The minimum atomic E-state index is -1.01. The van der Waals surface area contributed by atoms with Crippen molar-refractivity contribution in [1.29, 1.82) is 0 Å². The molecule has 2 aromatic rings. The normalized spacial score (nSPS) is 10.5. The van der Waals surface area contributed by atoms with Gasteiger partial charge in [0, 0.05) is 17.2 Å². The molecule has 0 radical (unpaired) electrons. The number of carboxylic acid groups (broad SMARTS) is 1. The van der Waals surface area contributed by atoms with Gasteiger partial charge in [-0.3, -0.25) is 0 Å². The molecule has 0 spiro atoms. The summed E-state index contributed by atoms with van der Waals surface area (Å²) < 4.78 is 11.6. The van der Waals surface area contributed by atoms with Gasteiger partial charge in [0.2, 0.25) is 0 Å². The predicted octanol–water partition coefficient (Wildman–Crippen LogP) is 5.09. The SMILES string of the molecule is COc1ccc(/C=C\C(=O)O)c(Oc2ccccc2)c1CC=C(C)C. The molecule has 0 saturated carbocycles. The van der Waals surface area contributed by atoms with E-state index in [1.165, 1.54) is 11.6 Å². The molecule has 0 saturated heterocycles. The van der Waals surface area contributed by atoms with Crippen LogP contribution in [0.15, 0.2) is 60.2 Å². The molecule has 0 bridgehead atoms. The monoisotopic (exact) mass is 338 g/mol. The van der Waals surface area contributed by atoms with E-state index in [4.69, 9.17) is 14.6 Å². The van der Waals surface area contributed by atoms with E-state index in [0.717, 1.165) is 11.6 Å². The first kappa shape index (κ1) is 18.3. The van der Waals surface area contributed by atoms with Crippen molar-refractivity contribution < 1.29 is 19.4 Å². The first-order chi connectivity index (χ1) is 12.0. The van der Waals surface area contributed by atoms with Crippen molar-refractivity contribution in [2.75, 3.05) is 7.11 Å². The number of aliphatic carboxylic acids is 1. The van der Waals surface area contributed by atoms with Crippen molar-refractivity contribution in [2.24, 2.45) is 0 Å². The van der Waals surface area contributed by atoms with E-state index in [1.807, 2.05) is 50.2 Å². The Bertz CT molecular complexity index is 785. The number of allylic oxidation sites excluding steroid dienone is 2. The topological polar surface area (TPSA) is 55.8 Å². The van der Waals surface area contributed by atoms with Crippen LogP contribution in [0.4, 0.5) is 0 Å². The second-order valence-electron chi connectivity index (χ2n) is 5.74. The lowest BCUT2D eigenvalue weighted by atomic mass is 10.0. The van der Waals surface area contributed by atoms with Crippen LogP contribution in [0.25, 0.3) is 6.08 Å². The minimum absolute atomic E-state index is 0.598. The maximum absolute atomic E-state index is 10.9. The summed E-state index contributed by atoms with van der Waals surface area (Å²) in [5, 5.41) is 8.94. The van der Waals surface area contributed by atoms with Crippen molar-refractivity contribution in [3.8, 4) is 17.2 Å². The predicted molar refractivity (Wildman–Crippen MR) is 99.3 cm³/mol. The zero-order valence-electron chi connectivity index (χ0n) is 14.7. The van der Waals surface area contributed by atoms with E-state index in [-0.39, 0.29) is 0 Å². The van der Waals surface area contributed by atoms with Crippen LogP contribution in [0.1, 0.15) is 25.0 Å². The van der Waals surface area contributed by atoms with E-state index in [0.29, 0.717) is 29.2 Å². The highest BCUT2D eigenvalue weighted by atomic mass is 16.5. The summed E-state index contributed by atoms with van der Waals surface area (Å²) in [7, 11) is 1.61. The van der Waals surface area contributed by atoms with Crippen LogP contribution < -0.4 is 9.47 Å². The molecule has 25 heavy (non-hydrogen) atoms. The number of rotatable bonds is 7. The highest BCUT2D eigenvalue weighted by Crippen LogP contribution is 2.37. The third-order valence-electron chi connectivity index (χ3n) is 3.55. The van der Waals surface area contributed by atoms with Gasteiger partial charge in [0.15, 0.2) is 0 Å². The van der Waals surface area contributed by atoms with Gasteiger partial charge in [0.05, 0.1) is 7.11 Å². The van der Waals surface area contributed by atoms with E-state index >= 15 is 0 Å². The third kappa shape index (κ3) is 5.24. The Morgan fingerprint density at radius 2 is 1.84 bits per heavy atom. The Kier molecular flexibility index (Phi) is 6.40. The molecule has 130 valence electrons.